The van der Waals surface area contributed by atoms with Crippen molar-refractivity contribution in [3.63, 3.8) is 0 Å². The number of benzene rings is 1. The summed E-state index contributed by atoms with van der Waals surface area (Å²) < 4.78 is 0.548. The summed E-state index contributed by atoms with van der Waals surface area (Å²) in [5.41, 5.74) is 0.783. The fourth-order valence-corrected chi connectivity index (χ4v) is 1.73. The summed E-state index contributed by atoms with van der Waals surface area (Å²) in [4.78, 5) is 14.5. The van der Waals surface area contributed by atoms with Crippen molar-refractivity contribution < 1.29 is 10.0 Å². The summed E-state index contributed by atoms with van der Waals surface area (Å²) in [6.07, 6.45) is 1.50. The highest BCUT2D eigenvalue weighted by atomic mass is 79.9. The van der Waals surface area contributed by atoms with Crippen molar-refractivity contribution in [1.29, 1.82) is 0 Å². The van der Waals surface area contributed by atoms with Gasteiger partial charge in [-0.2, -0.15) is 0 Å². The molecule has 5 nitrogen and oxygen atoms in total. The molecule has 0 aliphatic heterocycles. The van der Waals surface area contributed by atoms with Crippen molar-refractivity contribution in [2.24, 2.45) is 0 Å². The van der Waals surface area contributed by atoms with Gasteiger partial charge in [0.25, 0.3) is 5.69 Å². The van der Waals surface area contributed by atoms with E-state index in [0.717, 1.165) is 0 Å². The molecule has 0 aliphatic rings. The molecule has 0 saturated heterocycles. The maximum Gasteiger partial charge on any atom is 0.296 e. The lowest BCUT2D eigenvalue weighted by molar-refractivity contribution is -0.384. The Morgan fingerprint density at radius 3 is 2.53 bits per heavy atom. The second kappa shape index (κ2) is 4.50. The molecule has 6 heteroatoms. The minimum Gasteiger partial charge on any atom is -0.508 e. The highest BCUT2D eigenvalue weighted by Gasteiger charge is 2.17. The lowest BCUT2D eigenvalue weighted by Gasteiger charge is -2.02. The molecule has 2 rings (SSSR count). The monoisotopic (exact) mass is 294 g/mol. The van der Waals surface area contributed by atoms with E-state index in [1.165, 1.54) is 24.4 Å². The van der Waals surface area contributed by atoms with Gasteiger partial charge in [0, 0.05) is 22.3 Å². The van der Waals surface area contributed by atoms with E-state index in [4.69, 9.17) is 5.11 Å². The number of nitrogens with zero attached hydrogens (tertiary/aromatic N) is 2. The number of phenols is 1. The number of aromatic nitrogens is 1. The van der Waals surface area contributed by atoms with Crippen LogP contribution in [0.25, 0.3) is 11.3 Å². The molecular weight excluding hydrogens is 288 g/mol. The van der Waals surface area contributed by atoms with Crippen LogP contribution in [0.2, 0.25) is 0 Å². The van der Waals surface area contributed by atoms with Crippen molar-refractivity contribution in [1.82, 2.24) is 4.98 Å². The maximum absolute atomic E-state index is 10.9. The number of aromatic hydroxyl groups is 1. The van der Waals surface area contributed by atoms with Crippen LogP contribution in [0.1, 0.15) is 0 Å². The average molecular weight is 295 g/mol. The quantitative estimate of drug-likeness (QED) is 0.682. The van der Waals surface area contributed by atoms with E-state index in [9.17, 15) is 10.1 Å². The predicted molar refractivity (Wildman–Crippen MR) is 65.7 cm³/mol. The van der Waals surface area contributed by atoms with Crippen LogP contribution in [0.15, 0.2) is 41.0 Å². The molecular formula is C11H7BrN2O3. The van der Waals surface area contributed by atoms with Gasteiger partial charge in [-0.3, -0.25) is 10.1 Å². The Kier molecular flexibility index (Phi) is 3.06. The molecule has 0 fully saturated rings. The zero-order chi connectivity index (χ0) is 12.4. The number of hydrogen-bond donors (Lipinski definition) is 1. The molecule has 0 unspecified atom stereocenters. The van der Waals surface area contributed by atoms with Gasteiger partial charge in [0.2, 0.25) is 0 Å². The highest BCUT2D eigenvalue weighted by molar-refractivity contribution is 9.10. The standard InChI is InChI=1S/C11H7BrN2O3/c12-8-5-10(14(16)17)11(13-6-8)7-1-3-9(15)4-2-7/h1-6,15H. The minimum absolute atomic E-state index is 0.0786. The largest absolute Gasteiger partial charge is 0.508 e. The Hall–Kier alpha value is -1.95. The number of phenolic OH excluding ortho intramolecular Hbond substituents is 1. The van der Waals surface area contributed by atoms with Crippen LogP contribution in [-0.2, 0) is 0 Å². The first-order valence-corrected chi connectivity index (χ1v) is 5.46. The van der Waals surface area contributed by atoms with Gasteiger partial charge in [0.15, 0.2) is 0 Å². The van der Waals surface area contributed by atoms with Gasteiger partial charge >= 0.3 is 0 Å². The molecule has 0 spiro atoms. The van der Waals surface area contributed by atoms with Crippen LogP contribution in [0.4, 0.5) is 5.69 Å². The molecule has 0 aliphatic carbocycles. The van der Waals surface area contributed by atoms with Crippen LogP contribution < -0.4 is 0 Å². The lowest BCUT2D eigenvalue weighted by Crippen LogP contribution is -1.94. The van der Waals surface area contributed by atoms with Crippen molar-refractivity contribution >= 4 is 21.6 Å². The third-order valence-electron chi connectivity index (χ3n) is 2.17. The topological polar surface area (TPSA) is 76.3 Å². The minimum atomic E-state index is -0.486. The van der Waals surface area contributed by atoms with Crippen molar-refractivity contribution in [2.45, 2.75) is 0 Å². The van der Waals surface area contributed by atoms with E-state index in [-0.39, 0.29) is 17.1 Å². The Morgan fingerprint density at radius 2 is 1.94 bits per heavy atom. The van der Waals surface area contributed by atoms with E-state index in [0.29, 0.717) is 10.0 Å². The van der Waals surface area contributed by atoms with E-state index in [1.807, 2.05) is 0 Å². The van der Waals surface area contributed by atoms with Crippen molar-refractivity contribution in [2.75, 3.05) is 0 Å². The Balaban J connectivity index is 2.58. The first kappa shape index (κ1) is 11.5. The zero-order valence-corrected chi connectivity index (χ0v) is 10.1. The first-order valence-electron chi connectivity index (χ1n) is 4.67. The summed E-state index contributed by atoms with van der Waals surface area (Å²) >= 11 is 3.14. The second-order valence-corrected chi connectivity index (χ2v) is 4.24. The van der Waals surface area contributed by atoms with Gasteiger partial charge in [-0.05, 0) is 40.2 Å². The number of nitro groups is 1. The molecule has 0 amide bonds. The van der Waals surface area contributed by atoms with Gasteiger partial charge in [-0.15, -0.1) is 0 Å². The van der Waals surface area contributed by atoms with E-state index >= 15 is 0 Å². The second-order valence-electron chi connectivity index (χ2n) is 3.33. The average Bonchev–Trinajstić information content (AvgIpc) is 2.30. The van der Waals surface area contributed by atoms with Gasteiger partial charge in [-0.25, -0.2) is 4.98 Å². The normalized spacial score (nSPS) is 10.2. The smallest absolute Gasteiger partial charge is 0.296 e. The van der Waals surface area contributed by atoms with Crippen molar-refractivity contribution in [3.05, 3.63) is 51.1 Å². The number of hydrogen-bond acceptors (Lipinski definition) is 4. The molecule has 1 N–H and O–H groups in total. The van der Waals surface area contributed by atoms with Gasteiger partial charge < -0.3 is 5.11 Å². The van der Waals surface area contributed by atoms with Crippen LogP contribution in [0.5, 0.6) is 5.75 Å². The van der Waals surface area contributed by atoms with Crippen LogP contribution in [0, 0.1) is 10.1 Å². The molecule has 0 bridgehead atoms. The molecule has 1 heterocycles. The SMILES string of the molecule is O=[N+]([O-])c1cc(Br)cnc1-c1ccc(O)cc1. The number of rotatable bonds is 2. The Bertz CT molecular complexity index is 569. The fraction of sp³-hybridized carbons (Fsp3) is 0. The van der Waals surface area contributed by atoms with E-state index in [1.54, 1.807) is 12.1 Å². The lowest BCUT2D eigenvalue weighted by atomic mass is 10.1. The number of halogens is 1. The molecule has 17 heavy (non-hydrogen) atoms. The molecule has 1 aromatic heterocycles. The predicted octanol–water partition coefficient (Wildman–Crippen LogP) is 3.12. The first-order chi connectivity index (χ1) is 8.08. The third kappa shape index (κ3) is 2.42. The molecule has 86 valence electrons. The third-order valence-corrected chi connectivity index (χ3v) is 2.61. The Morgan fingerprint density at radius 1 is 1.29 bits per heavy atom. The maximum atomic E-state index is 10.9. The fourth-order valence-electron chi connectivity index (χ4n) is 1.41. The summed E-state index contributed by atoms with van der Waals surface area (Å²) in [7, 11) is 0. The van der Waals surface area contributed by atoms with Gasteiger partial charge in [-0.1, -0.05) is 0 Å². The molecule has 2 aromatic rings. The summed E-state index contributed by atoms with van der Waals surface area (Å²) in [5.74, 6) is 0.105. The van der Waals surface area contributed by atoms with Gasteiger partial charge in [0.1, 0.15) is 11.4 Å². The summed E-state index contributed by atoms with van der Waals surface area (Å²) in [6.45, 7) is 0. The molecule has 0 radical (unpaired) electrons. The van der Waals surface area contributed by atoms with Crippen LogP contribution in [-0.4, -0.2) is 15.0 Å². The summed E-state index contributed by atoms with van der Waals surface area (Å²) in [6, 6.07) is 7.48. The highest BCUT2D eigenvalue weighted by Crippen LogP contribution is 2.30. The van der Waals surface area contributed by atoms with Crippen LogP contribution in [0.3, 0.4) is 0 Å². The molecule has 0 atom stereocenters. The summed E-state index contributed by atoms with van der Waals surface area (Å²) in [5, 5.41) is 20.1. The van der Waals surface area contributed by atoms with E-state index < -0.39 is 4.92 Å². The molecule has 0 saturated carbocycles. The zero-order valence-electron chi connectivity index (χ0n) is 8.50. The Labute approximate surface area is 105 Å². The molecule has 1 aromatic carbocycles. The van der Waals surface area contributed by atoms with E-state index in [2.05, 4.69) is 20.9 Å². The van der Waals surface area contributed by atoms with Gasteiger partial charge in [0.05, 0.1) is 4.92 Å². The van der Waals surface area contributed by atoms with Crippen molar-refractivity contribution in [3.8, 4) is 17.0 Å². The number of pyridine rings is 1. The van der Waals surface area contributed by atoms with Crippen LogP contribution >= 0.6 is 15.9 Å².